The SMILES string of the molecule is CON1CCC(C(C)N)CC1C(=O)O. The van der Waals surface area contributed by atoms with E-state index in [1.807, 2.05) is 6.92 Å². The Kier molecular flexibility index (Phi) is 3.86. The molecule has 0 aliphatic carbocycles. The number of nitrogens with zero attached hydrogens (tertiary/aromatic N) is 1. The van der Waals surface area contributed by atoms with Crippen LogP contribution in [0.3, 0.4) is 0 Å². The van der Waals surface area contributed by atoms with E-state index in [1.165, 1.54) is 12.2 Å². The van der Waals surface area contributed by atoms with Gasteiger partial charge < -0.3 is 15.7 Å². The van der Waals surface area contributed by atoms with Gasteiger partial charge in [0.15, 0.2) is 0 Å². The van der Waals surface area contributed by atoms with Crippen LogP contribution < -0.4 is 5.73 Å². The first-order valence-electron chi connectivity index (χ1n) is 4.85. The second-order valence-corrected chi connectivity index (χ2v) is 3.82. The molecule has 0 saturated carbocycles. The third kappa shape index (κ3) is 2.43. The predicted octanol–water partition coefficient (Wildman–Crippen LogP) is 0.0602. The summed E-state index contributed by atoms with van der Waals surface area (Å²) in [5.41, 5.74) is 5.76. The molecule has 0 aromatic heterocycles. The summed E-state index contributed by atoms with van der Waals surface area (Å²) in [5.74, 6) is -0.556. The van der Waals surface area contributed by atoms with Crippen LogP contribution in [0.15, 0.2) is 0 Å². The van der Waals surface area contributed by atoms with Crippen LogP contribution in [0.5, 0.6) is 0 Å². The maximum atomic E-state index is 10.9. The number of hydrogen-bond acceptors (Lipinski definition) is 4. The molecular formula is C9H18N2O3. The molecule has 1 aliphatic rings. The normalized spacial score (nSPS) is 31.4. The van der Waals surface area contributed by atoms with Gasteiger partial charge in [0.25, 0.3) is 0 Å². The van der Waals surface area contributed by atoms with Crippen molar-refractivity contribution in [1.29, 1.82) is 0 Å². The number of piperidine rings is 1. The van der Waals surface area contributed by atoms with Gasteiger partial charge in [-0.05, 0) is 25.7 Å². The smallest absolute Gasteiger partial charge is 0.323 e. The largest absolute Gasteiger partial charge is 0.480 e. The number of carboxylic acids is 1. The van der Waals surface area contributed by atoms with Crippen LogP contribution in [0.1, 0.15) is 19.8 Å². The Morgan fingerprint density at radius 3 is 2.79 bits per heavy atom. The van der Waals surface area contributed by atoms with E-state index in [0.29, 0.717) is 13.0 Å². The first-order chi connectivity index (χ1) is 6.56. The summed E-state index contributed by atoms with van der Waals surface area (Å²) in [5, 5.41) is 10.5. The minimum atomic E-state index is -0.836. The maximum Gasteiger partial charge on any atom is 0.323 e. The van der Waals surface area contributed by atoms with E-state index in [0.717, 1.165) is 6.42 Å². The average Bonchev–Trinajstić information content (AvgIpc) is 2.16. The van der Waals surface area contributed by atoms with Crippen molar-refractivity contribution in [1.82, 2.24) is 5.06 Å². The van der Waals surface area contributed by atoms with Crippen molar-refractivity contribution in [3.63, 3.8) is 0 Å². The Bertz CT molecular complexity index is 208. The van der Waals surface area contributed by atoms with Crippen LogP contribution in [-0.4, -0.2) is 41.9 Å². The van der Waals surface area contributed by atoms with Crippen molar-refractivity contribution in [3.8, 4) is 0 Å². The molecule has 0 aromatic carbocycles. The lowest BCUT2D eigenvalue weighted by Gasteiger charge is -2.36. The van der Waals surface area contributed by atoms with E-state index >= 15 is 0 Å². The van der Waals surface area contributed by atoms with Crippen LogP contribution in [0.4, 0.5) is 0 Å². The number of hydroxylamine groups is 2. The summed E-state index contributed by atoms with van der Waals surface area (Å²) in [6.07, 6.45) is 1.47. The van der Waals surface area contributed by atoms with Crippen LogP contribution in [0, 0.1) is 5.92 Å². The quantitative estimate of drug-likeness (QED) is 0.677. The molecule has 3 N–H and O–H groups in total. The van der Waals surface area contributed by atoms with Gasteiger partial charge in [-0.2, -0.15) is 5.06 Å². The molecule has 0 spiro atoms. The van der Waals surface area contributed by atoms with E-state index < -0.39 is 12.0 Å². The molecule has 1 aliphatic heterocycles. The first-order valence-corrected chi connectivity index (χ1v) is 4.85. The Labute approximate surface area is 83.8 Å². The van der Waals surface area contributed by atoms with Crippen molar-refractivity contribution >= 4 is 5.97 Å². The van der Waals surface area contributed by atoms with Crippen LogP contribution in [0.2, 0.25) is 0 Å². The summed E-state index contributed by atoms with van der Waals surface area (Å²) in [6.45, 7) is 2.56. The minimum absolute atomic E-state index is 0.0517. The van der Waals surface area contributed by atoms with Crippen molar-refractivity contribution in [2.75, 3.05) is 13.7 Å². The molecule has 1 saturated heterocycles. The summed E-state index contributed by atoms with van der Waals surface area (Å²) in [7, 11) is 1.50. The molecule has 0 aromatic rings. The number of carboxylic acid groups (broad SMARTS) is 1. The van der Waals surface area contributed by atoms with E-state index in [2.05, 4.69) is 0 Å². The Morgan fingerprint density at radius 1 is 1.71 bits per heavy atom. The van der Waals surface area contributed by atoms with Gasteiger partial charge in [0.05, 0.1) is 7.11 Å². The van der Waals surface area contributed by atoms with Crippen molar-refractivity contribution < 1.29 is 14.7 Å². The second-order valence-electron chi connectivity index (χ2n) is 3.82. The Morgan fingerprint density at radius 2 is 2.36 bits per heavy atom. The van der Waals surface area contributed by atoms with Crippen molar-refractivity contribution in [2.45, 2.75) is 31.8 Å². The third-order valence-electron chi connectivity index (χ3n) is 2.86. The molecule has 1 heterocycles. The molecule has 0 radical (unpaired) electrons. The minimum Gasteiger partial charge on any atom is -0.480 e. The topological polar surface area (TPSA) is 75.8 Å². The zero-order chi connectivity index (χ0) is 10.7. The van der Waals surface area contributed by atoms with E-state index in [9.17, 15) is 4.79 Å². The lowest BCUT2D eigenvalue weighted by atomic mass is 9.87. The Hall–Kier alpha value is -0.650. The van der Waals surface area contributed by atoms with E-state index in [1.54, 1.807) is 0 Å². The van der Waals surface area contributed by atoms with E-state index in [4.69, 9.17) is 15.7 Å². The zero-order valence-corrected chi connectivity index (χ0v) is 8.64. The first kappa shape index (κ1) is 11.4. The summed E-state index contributed by atoms with van der Waals surface area (Å²) in [4.78, 5) is 15.9. The number of carbonyl (C=O) groups is 1. The summed E-state index contributed by atoms with van der Waals surface area (Å²) >= 11 is 0. The number of hydrogen-bond donors (Lipinski definition) is 2. The monoisotopic (exact) mass is 202 g/mol. The molecule has 1 fully saturated rings. The molecule has 0 bridgehead atoms. The molecule has 3 atom stereocenters. The van der Waals surface area contributed by atoms with Gasteiger partial charge in [-0.3, -0.25) is 4.79 Å². The fourth-order valence-electron chi connectivity index (χ4n) is 1.89. The molecule has 0 amide bonds. The standard InChI is InChI=1S/C9H18N2O3/c1-6(10)7-3-4-11(14-2)8(5-7)9(12)13/h6-8H,3-5,10H2,1-2H3,(H,12,13). The molecule has 5 heteroatoms. The maximum absolute atomic E-state index is 10.9. The number of rotatable bonds is 3. The van der Waals surface area contributed by atoms with Crippen molar-refractivity contribution in [2.24, 2.45) is 11.7 Å². The van der Waals surface area contributed by atoms with Gasteiger partial charge in [-0.15, -0.1) is 0 Å². The highest BCUT2D eigenvalue weighted by atomic mass is 16.7. The van der Waals surface area contributed by atoms with Crippen LogP contribution in [-0.2, 0) is 9.63 Å². The van der Waals surface area contributed by atoms with Crippen molar-refractivity contribution in [3.05, 3.63) is 0 Å². The third-order valence-corrected chi connectivity index (χ3v) is 2.86. The van der Waals surface area contributed by atoms with Crippen LogP contribution in [0.25, 0.3) is 0 Å². The highest BCUT2D eigenvalue weighted by Gasteiger charge is 2.34. The highest BCUT2D eigenvalue weighted by molar-refractivity contribution is 5.73. The predicted molar refractivity (Wildman–Crippen MR) is 51.5 cm³/mol. The molecule has 82 valence electrons. The fraction of sp³-hybridized carbons (Fsp3) is 0.889. The molecule has 14 heavy (non-hydrogen) atoms. The number of nitrogens with two attached hydrogens (primary N) is 1. The summed E-state index contributed by atoms with van der Waals surface area (Å²) < 4.78 is 0. The Balaban J connectivity index is 2.62. The highest BCUT2D eigenvalue weighted by Crippen LogP contribution is 2.24. The summed E-state index contributed by atoms with van der Waals surface area (Å²) in [6, 6.07) is -0.499. The number of aliphatic carboxylic acids is 1. The van der Waals surface area contributed by atoms with Gasteiger partial charge in [-0.1, -0.05) is 0 Å². The van der Waals surface area contributed by atoms with Gasteiger partial charge in [0.2, 0.25) is 0 Å². The van der Waals surface area contributed by atoms with Crippen LogP contribution >= 0.6 is 0 Å². The van der Waals surface area contributed by atoms with Gasteiger partial charge in [0.1, 0.15) is 6.04 Å². The van der Waals surface area contributed by atoms with Gasteiger partial charge in [0, 0.05) is 12.6 Å². The molecule has 3 unspecified atom stereocenters. The second kappa shape index (κ2) is 4.72. The molecule has 1 rings (SSSR count). The van der Waals surface area contributed by atoms with Gasteiger partial charge >= 0.3 is 5.97 Å². The lowest BCUT2D eigenvalue weighted by Crippen LogP contribution is -2.49. The molecule has 5 nitrogen and oxygen atoms in total. The lowest BCUT2D eigenvalue weighted by molar-refractivity contribution is -0.197. The average molecular weight is 202 g/mol. The van der Waals surface area contributed by atoms with Gasteiger partial charge in [-0.25, -0.2) is 0 Å². The zero-order valence-electron chi connectivity index (χ0n) is 8.64. The molecular weight excluding hydrogens is 184 g/mol. The van der Waals surface area contributed by atoms with E-state index in [-0.39, 0.29) is 12.0 Å². The fourth-order valence-corrected chi connectivity index (χ4v) is 1.89.